The van der Waals surface area contributed by atoms with E-state index in [0.29, 0.717) is 5.22 Å². The Balaban J connectivity index is 3.31. The minimum Gasteiger partial charge on any atom is -0.215 e. The first-order valence-corrected chi connectivity index (χ1v) is 5.35. The number of sulfone groups is 1. The molecule has 1 aromatic rings. The molecular weight excluding hydrogens is 229 g/mol. The van der Waals surface area contributed by atoms with Crippen molar-refractivity contribution in [3.8, 4) is 0 Å². The number of alkyl halides is 3. The second-order valence-corrected chi connectivity index (χ2v) is 4.64. The number of benzene rings is 1. The summed E-state index contributed by atoms with van der Waals surface area (Å²) in [7, 11) is -5.21. The molecule has 1 aromatic carbocycles. The Hall–Kier alpha value is -1.30. The quantitative estimate of drug-likeness (QED) is 0.721. The van der Waals surface area contributed by atoms with Crippen molar-refractivity contribution in [2.45, 2.75) is 5.51 Å². The third-order valence-electron chi connectivity index (χ3n) is 1.59. The predicted octanol–water partition coefficient (Wildman–Crippen LogP) is 0.770. The molecule has 0 unspecified atom stereocenters. The summed E-state index contributed by atoms with van der Waals surface area (Å²) in [6, 6.07) is 5.37. The smallest absolute Gasteiger partial charge is 0.215 e. The van der Waals surface area contributed by atoms with E-state index in [0.717, 1.165) is 0 Å². The van der Waals surface area contributed by atoms with E-state index >= 15 is 0 Å². The minimum absolute atomic E-state index is 0.0280. The normalized spacial score (nSPS) is 12.5. The van der Waals surface area contributed by atoms with Crippen LogP contribution in [0, 0.1) is 0 Å². The molecule has 0 saturated carbocycles. The molecule has 0 atom stereocenters. The van der Waals surface area contributed by atoms with Crippen LogP contribution in [-0.4, -0.2) is 13.9 Å². The van der Waals surface area contributed by atoms with Crippen LogP contribution in [0.15, 0.2) is 24.3 Å². The first-order valence-electron chi connectivity index (χ1n) is 3.80. The van der Waals surface area contributed by atoms with Crippen LogP contribution < -0.4 is 10.4 Å². The number of hydrogen-bond acceptors (Lipinski definition) is 2. The summed E-state index contributed by atoms with van der Waals surface area (Å²) in [5.74, 6) is 0. The van der Waals surface area contributed by atoms with Gasteiger partial charge in [-0.2, -0.15) is 13.2 Å². The molecule has 15 heavy (non-hydrogen) atoms. The van der Waals surface area contributed by atoms with E-state index in [1.165, 1.54) is 24.3 Å². The molecule has 0 aromatic heterocycles. The number of hydrogen-bond donors (Lipinski definition) is 0. The van der Waals surface area contributed by atoms with Crippen LogP contribution in [0.5, 0.6) is 0 Å². The Morgan fingerprint density at radius 2 is 1.60 bits per heavy atom. The summed E-state index contributed by atoms with van der Waals surface area (Å²) >= 11 is 0. The SMILES string of the molecule is C=c1ccc(=CS(=O)(=O)C(F)(F)F)cc1. The fourth-order valence-corrected chi connectivity index (χ4v) is 1.49. The van der Waals surface area contributed by atoms with Crippen LogP contribution in [0.2, 0.25) is 0 Å². The molecule has 0 bridgehead atoms. The van der Waals surface area contributed by atoms with E-state index in [9.17, 15) is 21.6 Å². The molecule has 0 radical (unpaired) electrons. The van der Waals surface area contributed by atoms with Gasteiger partial charge in [0, 0.05) is 5.41 Å². The van der Waals surface area contributed by atoms with E-state index in [1.54, 1.807) is 0 Å². The maximum Gasteiger partial charge on any atom is 0.501 e. The van der Waals surface area contributed by atoms with Crippen molar-refractivity contribution in [1.29, 1.82) is 0 Å². The van der Waals surface area contributed by atoms with Gasteiger partial charge in [-0.3, -0.25) is 0 Å². The second-order valence-electron chi connectivity index (χ2n) is 2.85. The lowest BCUT2D eigenvalue weighted by Crippen LogP contribution is -2.22. The first-order chi connectivity index (χ1) is 6.72. The van der Waals surface area contributed by atoms with Crippen LogP contribution >= 0.6 is 0 Å². The van der Waals surface area contributed by atoms with Crippen molar-refractivity contribution in [3.63, 3.8) is 0 Å². The molecule has 0 N–H and O–H groups in total. The highest BCUT2D eigenvalue weighted by atomic mass is 32.2. The van der Waals surface area contributed by atoms with Crippen molar-refractivity contribution in [1.82, 2.24) is 0 Å². The third kappa shape index (κ3) is 2.82. The fraction of sp³-hybridized carbons (Fsp3) is 0.111. The monoisotopic (exact) mass is 236 g/mol. The Labute approximate surface area is 84.3 Å². The maximum atomic E-state index is 12.0. The minimum atomic E-state index is -5.25. The Kier molecular flexibility index (Phi) is 2.90. The molecule has 0 fully saturated rings. The molecule has 1 rings (SSSR count). The van der Waals surface area contributed by atoms with Crippen LogP contribution in [-0.2, 0) is 9.84 Å². The van der Waals surface area contributed by atoms with Gasteiger partial charge < -0.3 is 0 Å². The van der Waals surface area contributed by atoms with E-state index < -0.39 is 15.3 Å². The van der Waals surface area contributed by atoms with E-state index in [-0.39, 0.29) is 10.6 Å². The van der Waals surface area contributed by atoms with Gasteiger partial charge in [-0.05, 0) is 10.4 Å². The van der Waals surface area contributed by atoms with Gasteiger partial charge in [-0.1, -0.05) is 30.8 Å². The molecule has 6 heteroatoms. The number of halogens is 3. The summed E-state index contributed by atoms with van der Waals surface area (Å²) in [4.78, 5) is 0. The summed E-state index contributed by atoms with van der Waals surface area (Å²) in [6.07, 6.45) is 0. The molecular formula is C9H7F3O2S. The van der Waals surface area contributed by atoms with Crippen molar-refractivity contribution in [3.05, 3.63) is 34.7 Å². The highest BCUT2D eigenvalue weighted by molar-refractivity contribution is 7.99. The van der Waals surface area contributed by atoms with Gasteiger partial charge in [0.2, 0.25) is 0 Å². The Bertz CT molecular complexity index is 535. The summed E-state index contributed by atoms with van der Waals surface area (Å²) < 4.78 is 57.3. The van der Waals surface area contributed by atoms with Crippen LogP contribution in [0.3, 0.4) is 0 Å². The van der Waals surface area contributed by atoms with Crippen molar-refractivity contribution < 1.29 is 21.6 Å². The highest BCUT2D eigenvalue weighted by Gasteiger charge is 2.43. The molecule has 0 aliphatic rings. The average molecular weight is 236 g/mol. The predicted molar refractivity (Wildman–Crippen MR) is 50.7 cm³/mol. The third-order valence-corrected chi connectivity index (χ3v) is 2.82. The van der Waals surface area contributed by atoms with Crippen LogP contribution in [0.25, 0.3) is 12.0 Å². The first kappa shape index (κ1) is 11.8. The van der Waals surface area contributed by atoms with Crippen LogP contribution in [0.1, 0.15) is 0 Å². The van der Waals surface area contributed by atoms with E-state index in [2.05, 4.69) is 6.58 Å². The van der Waals surface area contributed by atoms with Gasteiger partial charge in [0.05, 0.1) is 0 Å². The van der Waals surface area contributed by atoms with Gasteiger partial charge in [0.25, 0.3) is 9.84 Å². The van der Waals surface area contributed by atoms with Gasteiger partial charge in [0.15, 0.2) is 0 Å². The average Bonchev–Trinajstić information content (AvgIpc) is 2.06. The maximum absolute atomic E-state index is 12.0. The molecule has 2 nitrogen and oxygen atoms in total. The largest absolute Gasteiger partial charge is 0.501 e. The zero-order valence-electron chi connectivity index (χ0n) is 7.45. The second kappa shape index (κ2) is 3.69. The summed E-state index contributed by atoms with van der Waals surface area (Å²) in [5, 5.41) is 0.753. The fourth-order valence-electron chi connectivity index (χ4n) is 0.842. The molecule has 0 aliphatic carbocycles. The lowest BCUT2D eigenvalue weighted by Gasteiger charge is -2.02. The zero-order valence-corrected chi connectivity index (χ0v) is 8.27. The molecule has 0 spiro atoms. The number of rotatable bonds is 1. The Morgan fingerprint density at radius 1 is 1.13 bits per heavy atom. The van der Waals surface area contributed by atoms with Crippen molar-refractivity contribution >= 4 is 21.8 Å². The lowest BCUT2D eigenvalue weighted by atomic mass is 10.3. The van der Waals surface area contributed by atoms with Crippen molar-refractivity contribution in [2.24, 2.45) is 0 Å². The molecule has 0 amide bonds. The lowest BCUT2D eigenvalue weighted by molar-refractivity contribution is -0.0418. The van der Waals surface area contributed by atoms with E-state index in [1.807, 2.05) is 0 Å². The van der Waals surface area contributed by atoms with Crippen molar-refractivity contribution in [2.75, 3.05) is 0 Å². The summed E-state index contributed by atoms with van der Waals surface area (Å²) in [6.45, 7) is 3.52. The zero-order chi connectivity index (χ0) is 11.7. The van der Waals surface area contributed by atoms with Crippen LogP contribution in [0.4, 0.5) is 13.2 Å². The highest BCUT2D eigenvalue weighted by Crippen LogP contribution is 2.24. The van der Waals surface area contributed by atoms with Gasteiger partial charge in [0.1, 0.15) is 0 Å². The van der Waals surface area contributed by atoms with Gasteiger partial charge in [-0.25, -0.2) is 8.42 Å². The van der Waals surface area contributed by atoms with E-state index in [4.69, 9.17) is 0 Å². The molecule has 0 saturated heterocycles. The topological polar surface area (TPSA) is 34.1 Å². The Morgan fingerprint density at radius 3 is 2.00 bits per heavy atom. The molecule has 82 valence electrons. The summed E-state index contributed by atoms with van der Waals surface area (Å²) in [5.41, 5.74) is -5.25. The van der Waals surface area contributed by atoms with Gasteiger partial charge in [-0.15, -0.1) is 0 Å². The molecule has 0 aliphatic heterocycles. The molecule has 0 heterocycles. The standard InChI is InChI=1S/C9H7F3O2S/c1-7-2-4-8(5-3-7)6-15(13,14)9(10,11)12/h2-6H,1H2. The van der Waals surface area contributed by atoms with Gasteiger partial charge >= 0.3 is 5.51 Å².